The first-order chi connectivity index (χ1) is 8.61. The average Bonchev–Trinajstić information content (AvgIpc) is 2.97. The van der Waals surface area contributed by atoms with Crippen LogP contribution in [0.1, 0.15) is 19.3 Å². The van der Waals surface area contributed by atoms with Gasteiger partial charge < -0.3 is 14.7 Å². The second-order valence-corrected chi connectivity index (χ2v) is 4.55. The molecule has 2 atom stereocenters. The zero-order chi connectivity index (χ0) is 13.1. The van der Waals surface area contributed by atoms with Crippen LogP contribution in [0, 0.1) is 12.3 Å². The molecule has 18 heavy (non-hydrogen) atoms. The molecule has 0 saturated carbocycles. The smallest absolute Gasteiger partial charge is 0.410 e. The van der Waals surface area contributed by atoms with Crippen LogP contribution in [0.25, 0.3) is 0 Å². The van der Waals surface area contributed by atoms with Crippen molar-refractivity contribution in [3.8, 4) is 12.3 Å². The largest absolute Gasteiger partial charge is 0.465 e. The topological polar surface area (TPSA) is 70.1 Å². The lowest BCUT2D eigenvalue weighted by molar-refractivity contribution is 0.0708. The zero-order valence-corrected chi connectivity index (χ0v) is 10.0. The summed E-state index contributed by atoms with van der Waals surface area (Å²) in [7, 11) is 0. The van der Waals surface area contributed by atoms with Gasteiger partial charge in [-0.3, -0.25) is 4.90 Å². The van der Waals surface area contributed by atoms with E-state index in [-0.39, 0.29) is 12.6 Å². The van der Waals surface area contributed by atoms with Crippen LogP contribution in [-0.4, -0.2) is 58.9 Å². The number of amides is 2. The molecule has 0 aromatic heterocycles. The summed E-state index contributed by atoms with van der Waals surface area (Å²) in [5.41, 5.74) is 0. The van der Waals surface area contributed by atoms with Gasteiger partial charge in [-0.2, -0.15) is 0 Å². The van der Waals surface area contributed by atoms with Crippen molar-refractivity contribution in [2.75, 3.05) is 19.6 Å². The Hall–Kier alpha value is -1.90. The molecule has 2 aliphatic rings. The number of likely N-dealkylation sites (tertiary alicyclic amines) is 2. The van der Waals surface area contributed by atoms with Gasteiger partial charge in [0.15, 0.2) is 0 Å². The maximum absolute atomic E-state index is 11.8. The Bertz CT molecular complexity index is 384. The van der Waals surface area contributed by atoms with Gasteiger partial charge in [0.1, 0.15) is 6.10 Å². The summed E-state index contributed by atoms with van der Waals surface area (Å²) in [4.78, 5) is 25.5. The average molecular weight is 252 g/mol. The van der Waals surface area contributed by atoms with E-state index in [1.165, 1.54) is 0 Å². The van der Waals surface area contributed by atoms with Crippen LogP contribution < -0.4 is 0 Å². The Morgan fingerprint density at radius 1 is 1.33 bits per heavy atom. The van der Waals surface area contributed by atoms with E-state index in [1.807, 2.05) is 0 Å². The highest BCUT2D eigenvalue weighted by atomic mass is 16.6. The molecule has 2 saturated heterocycles. The van der Waals surface area contributed by atoms with E-state index >= 15 is 0 Å². The second-order valence-electron chi connectivity index (χ2n) is 4.55. The predicted molar refractivity (Wildman–Crippen MR) is 63.0 cm³/mol. The minimum absolute atomic E-state index is 0.157. The van der Waals surface area contributed by atoms with Crippen molar-refractivity contribution in [2.24, 2.45) is 0 Å². The molecule has 2 heterocycles. The molecule has 6 nitrogen and oxygen atoms in total. The van der Waals surface area contributed by atoms with Crippen LogP contribution >= 0.6 is 0 Å². The van der Waals surface area contributed by atoms with Crippen molar-refractivity contribution in [3.63, 3.8) is 0 Å². The Morgan fingerprint density at radius 3 is 2.50 bits per heavy atom. The summed E-state index contributed by atoms with van der Waals surface area (Å²) in [5.74, 6) is 2.41. The molecule has 98 valence electrons. The van der Waals surface area contributed by atoms with E-state index in [0.29, 0.717) is 19.5 Å². The number of rotatable bonds is 1. The molecular formula is C12H16N2O4. The van der Waals surface area contributed by atoms with E-state index in [9.17, 15) is 9.59 Å². The van der Waals surface area contributed by atoms with Gasteiger partial charge in [-0.1, -0.05) is 5.92 Å². The SMILES string of the molecule is C#C[C@@H]1C[C@H](OC(=O)N2CCCC2)CN1C(=O)O. The van der Waals surface area contributed by atoms with Gasteiger partial charge in [0.25, 0.3) is 0 Å². The van der Waals surface area contributed by atoms with Crippen molar-refractivity contribution in [3.05, 3.63) is 0 Å². The summed E-state index contributed by atoms with van der Waals surface area (Å²) in [6.45, 7) is 1.59. The van der Waals surface area contributed by atoms with Crippen LogP contribution in [-0.2, 0) is 4.74 Å². The van der Waals surface area contributed by atoms with E-state index in [4.69, 9.17) is 16.3 Å². The lowest BCUT2D eigenvalue weighted by Gasteiger charge is -2.18. The molecule has 0 aromatic carbocycles. The first kappa shape index (κ1) is 12.6. The molecule has 0 aliphatic carbocycles. The van der Waals surface area contributed by atoms with Crippen LogP contribution in [0.2, 0.25) is 0 Å². The molecule has 2 fully saturated rings. The van der Waals surface area contributed by atoms with Gasteiger partial charge in [0.05, 0.1) is 12.6 Å². The standard InChI is InChI=1S/C12H16N2O4/c1-2-9-7-10(8-14(9)11(15)16)18-12(17)13-5-3-4-6-13/h1,9-10H,3-8H2,(H,15,16)/t9-,10+/m1/s1. The Morgan fingerprint density at radius 2 is 2.00 bits per heavy atom. The molecule has 2 aliphatic heterocycles. The van der Waals surface area contributed by atoms with Crippen molar-refractivity contribution in [2.45, 2.75) is 31.4 Å². The van der Waals surface area contributed by atoms with E-state index in [0.717, 1.165) is 17.7 Å². The van der Waals surface area contributed by atoms with Gasteiger partial charge in [-0.15, -0.1) is 6.42 Å². The lowest BCUT2D eigenvalue weighted by atomic mass is 10.2. The molecule has 2 amide bonds. The van der Waals surface area contributed by atoms with Gasteiger partial charge in [0, 0.05) is 19.5 Å². The maximum Gasteiger partial charge on any atom is 0.410 e. The fourth-order valence-electron chi connectivity index (χ4n) is 2.37. The molecular weight excluding hydrogens is 236 g/mol. The summed E-state index contributed by atoms with van der Waals surface area (Å²) in [6.07, 6.45) is 5.77. The van der Waals surface area contributed by atoms with E-state index in [1.54, 1.807) is 4.90 Å². The third-order valence-corrected chi connectivity index (χ3v) is 3.33. The number of carbonyl (C=O) groups excluding carboxylic acids is 1. The fourth-order valence-corrected chi connectivity index (χ4v) is 2.37. The van der Waals surface area contributed by atoms with E-state index < -0.39 is 18.2 Å². The first-order valence-electron chi connectivity index (χ1n) is 6.03. The predicted octanol–water partition coefficient (Wildman–Crippen LogP) is 0.973. The minimum Gasteiger partial charge on any atom is -0.465 e. The number of hydrogen-bond acceptors (Lipinski definition) is 3. The highest BCUT2D eigenvalue weighted by Gasteiger charge is 2.37. The van der Waals surface area contributed by atoms with Crippen molar-refractivity contribution >= 4 is 12.2 Å². The van der Waals surface area contributed by atoms with Gasteiger partial charge in [-0.05, 0) is 12.8 Å². The van der Waals surface area contributed by atoms with Crippen LogP contribution in [0.15, 0.2) is 0 Å². The maximum atomic E-state index is 11.8. The molecule has 0 unspecified atom stereocenters. The summed E-state index contributed by atoms with van der Waals surface area (Å²) >= 11 is 0. The normalized spacial score (nSPS) is 27.1. The number of nitrogens with zero attached hydrogens (tertiary/aromatic N) is 2. The number of carbonyl (C=O) groups is 2. The molecule has 2 rings (SSSR count). The van der Waals surface area contributed by atoms with Crippen molar-refractivity contribution in [1.82, 2.24) is 9.80 Å². The fraction of sp³-hybridized carbons (Fsp3) is 0.667. The Kier molecular flexibility index (Phi) is 3.60. The number of carboxylic acid groups (broad SMARTS) is 1. The third-order valence-electron chi connectivity index (χ3n) is 3.33. The highest BCUT2D eigenvalue weighted by molar-refractivity contribution is 5.69. The number of hydrogen-bond donors (Lipinski definition) is 1. The van der Waals surface area contributed by atoms with Crippen molar-refractivity contribution < 1.29 is 19.4 Å². The number of ether oxygens (including phenoxy) is 1. The van der Waals surface area contributed by atoms with Crippen molar-refractivity contribution in [1.29, 1.82) is 0 Å². The van der Waals surface area contributed by atoms with Gasteiger partial charge in [-0.25, -0.2) is 9.59 Å². The highest BCUT2D eigenvalue weighted by Crippen LogP contribution is 2.21. The first-order valence-corrected chi connectivity index (χ1v) is 6.03. The van der Waals surface area contributed by atoms with E-state index in [2.05, 4.69) is 5.92 Å². The van der Waals surface area contributed by atoms with Crippen LogP contribution in [0.3, 0.4) is 0 Å². The van der Waals surface area contributed by atoms with Gasteiger partial charge >= 0.3 is 12.2 Å². The lowest BCUT2D eigenvalue weighted by Crippen LogP contribution is -2.35. The van der Waals surface area contributed by atoms with Gasteiger partial charge in [0.2, 0.25) is 0 Å². The molecule has 1 N–H and O–H groups in total. The molecule has 0 bridgehead atoms. The summed E-state index contributed by atoms with van der Waals surface area (Å²) in [5, 5.41) is 8.96. The number of terminal acetylenes is 1. The zero-order valence-electron chi connectivity index (χ0n) is 10.0. The van der Waals surface area contributed by atoms with Crippen LogP contribution in [0.4, 0.5) is 9.59 Å². The Balaban J connectivity index is 1.89. The third kappa shape index (κ3) is 2.50. The molecule has 0 radical (unpaired) electrons. The quantitative estimate of drug-likeness (QED) is 0.706. The van der Waals surface area contributed by atoms with Crippen LogP contribution in [0.5, 0.6) is 0 Å². The summed E-state index contributed by atoms with van der Waals surface area (Å²) < 4.78 is 5.29. The summed E-state index contributed by atoms with van der Waals surface area (Å²) in [6, 6.07) is -0.501. The second kappa shape index (κ2) is 5.17. The molecule has 6 heteroatoms. The molecule has 0 spiro atoms. The monoisotopic (exact) mass is 252 g/mol. The Labute approximate surface area is 105 Å². The molecule has 0 aromatic rings. The minimum atomic E-state index is -1.07.